The highest BCUT2D eigenvalue weighted by Crippen LogP contribution is 2.25. The van der Waals surface area contributed by atoms with Gasteiger partial charge in [0.1, 0.15) is 0 Å². The summed E-state index contributed by atoms with van der Waals surface area (Å²) in [6.45, 7) is 2.06. The van der Waals surface area contributed by atoms with Gasteiger partial charge in [0.25, 0.3) is 5.56 Å². The molecule has 2 rings (SSSR count). The molecule has 0 aliphatic rings. The lowest BCUT2D eigenvalue weighted by atomic mass is 10.1. The molecule has 1 heterocycles. The number of aromatic nitrogens is 2. The van der Waals surface area contributed by atoms with Gasteiger partial charge in [0, 0.05) is 23.2 Å². The zero-order valence-corrected chi connectivity index (χ0v) is 10.9. The maximum Gasteiger partial charge on any atom is 0.251 e. The third-order valence-corrected chi connectivity index (χ3v) is 3.52. The molecule has 0 fully saturated rings. The normalized spacial score (nSPS) is 12.3. The Labute approximate surface area is 110 Å². The van der Waals surface area contributed by atoms with E-state index >= 15 is 0 Å². The molecule has 1 atom stereocenters. The third-order valence-electron chi connectivity index (χ3n) is 2.61. The van der Waals surface area contributed by atoms with Crippen LogP contribution in [0.1, 0.15) is 24.9 Å². The smallest absolute Gasteiger partial charge is 0.251 e. The fourth-order valence-electron chi connectivity index (χ4n) is 1.53. The van der Waals surface area contributed by atoms with Crippen LogP contribution in [0.4, 0.5) is 0 Å². The van der Waals surface area contributed by atoms with Crippen LogP contribution in [0.15, 0.2) is 51.4 Å². The second kappa shape index (κ2) is 5.84. The van der Waals surface area contributed by atoms with Crippen molar-refractivity contribution in [2.24, 2.45) is 5.73 Å². The van der Waals surface area contributed by atoms with E-state index in [1.54, 1.807) is 0 Å². The van der Waals surface area contributed by atoms with E-state index in [0.29, 0.717) is 5.16 Å². The number of benzene rings is 1. The lowest BCUT2D eigenvalue weighted by Gasteiger charge is -2.09. The largest absolute Gasteiger partial charge is 0.324 e. The van der Waals surface area contributed by atoms with Gasteiger partial charge in [-0.15, -0.1) is 0 Å². The number of H-pyrrole nitrogens is 1. The molecule has 0 amide bonds. The van der Waals surface area contributed by atoms with Crippen molar-refractivity contribution in [2.75, 3.05) is 0 Å². The van der Waals surface area contributed by atoms with Crippen molar-refractivity contribution < 1.29 is 0 Å². The van der Waals surface area contributed by atoms with Crippen molar-refractivity contribution in [1.82, 2.24) is 9.97 Å². The molecular weight excluding hydrogens is 246 g/mol. The van der Waals surface area contributed by atoms with Crippen molar-refractivity contribution in [3.63, 3.8) is 0 Å². The molecule has 1 unspecified atom stereocenters. The third kappa shape index (κ3) is 3.21. The van der Waals surface area contributed by atoms with E-state index in [9.17, 15) is 4.79 Å². The molecule has 0 radical (unpaired) electrons. The van der Waals surface area contributed by atoms with Crippen LogP contribution in [0.3, 0.4) is 0 Å². The molecule has 4 nitrogen and oxygen atoms in total. The molecule has 94 valence electrons. The quantitative estimate of drug-likeness (QED) is 0.829. The fourth-order valence-corrected chi connectivity index (χ4v) is 2.29. The summed E-state index contributed by atoms with van der Waals surface area (Å²) in [4.78, 5) is 18.9. The second-order valence-electron chi connectivity index (χ2n) is 3.93. The Morgan fingerprint density at radius 1 is 1.33 bits per heavy atom. The van der Waals surface area contributed by atoms with Crippen LogP contribution in [-0.4, -0.2) is 9.97 Å². The Morgan fingerprint density at radius 3 is 2.67 bits per heavy atom. The topological polar surface area (TPSA) is 71.8 Å². The molecule has 0 bridgehead atoms. The van der Waals surface area contributed by atoms with Gasteiger partial charge in [-0.1, -0.05) is 30.8 Å². The number of nitrogens with one attached hydrogen (secondary N) is 1. The van der Waals surface area contributed by atoms with E-state index in [2.05, 4.69) is 16.9 Å². The minimum Gasteiger partial charge on any atom is -0.324 e. The lowest BCUT2D eigenvalue weighted by molar-refractivity contribution is 0.698. The summed E-state index contributed by atoms with van der Waals surface area (Å²) in [6, 6.07) is 9.48. The van der Waals surface area contributed by atoms with Gasteiger partial charge in [-0.25, -0.2) is 4.98 Å². The first kappa shape index (κ1) is 12.9. The molecule has 0 aliphatic heterocycles. The molecule has 18 heavy (non-hydrogen) atoms. The number of hydrogen-bond acceptors (Lipinski definition) is 4. The molecule has 0 aliphatic carbocycles. The Hall–Kier alpha value is -1.59. The summed E-state index contributed by atoms with van der Waals surface area (Å²) in [6.07, 6.45) is 2.42. The van der Waals surface area contributed by atoms with Gasteiger partial charge in [0.05, 0.1) is 0 Å². The Kier molecular flexibility index (Phi) is 4.17. The molecule has 0 saturated carbocycles. The van der Waals surface area contributed by atoms with E-state index < -0.39 is 0 Å². The van der Waals surface area contributed by atoms with Crippen LogP contribution in [0.2, 0.25) is 0 Å². The maximum absolute atomic E-state index is 11.1. The first-order valence-corrected chi connectivity index (χ1v) is 6.59. The molecule has 1 aromatic heterocycles. The van der Waals surface area contributed by atoms with Crippen molar-refractivity contribution in [2.45, 2.75) is 29.4 Å². The highest BCUT2D eigenvalue weighted by Gasteiger charge is 2.04. The Morgan fingerprint density at radius 2 is 2.06 bits per heavy atom. The van der Waals surface area contributed by atoms with Crippen molar-refractivity contribution >= 4 is 11.8 Å². The van der Waals surface area contributed by atoms with Crippen LogP contribution in [-0.2, 0) is 0 Å². The predicted octanol–water partition coefficient (Wildman–Crippen LogP) is 2.33. The van der Waals surface area contributed by atoms with Crippen LogP contribution < -0.4 is 11.3 Å². The first-order chi connectivity index (χ1) is 8.69. The van der Waals surface area contributed by atoms with Gasteiger partial charge in [-0.3, -0.25) is 4.79 Å². The average Bonchev–Trinajstić information content (AvgIpc) is 2.39. The molecule has 5 heteroatoms. The molecular formula is C13H15N3OS. The molecule has 3 N–H and O–H groups in total. The van der Waals surface area contributed by atoms with Gasteiger partial charge in [-0.2, -0.15) is 0 Å². The average molecular weight is 261 g/mol. The zero-order chi connectivity index (χ0) is 13.0. The number of aromatic amines is 1. The van der Waals surface area contributed by atoms with Gasteiger partial charge < -0.3 is 10.7 Å². The van der Waals surface area contributed by atoms with Gasteiger partial charge in [-0.05, 0) is 24.1 Å². The van der Waals surface area contributed by atoms with Crippen LogP contribution in [0.5, 0.6) is 0 Å². The molecule has 0 spiro atoms. The molecule has 0 saturated heterocycles. The van der Waals surface area contributed by atoms with Crippen LogP contribution in [0.25, 0.3) is 0 Å². The Balaban J connectivity index is 2.13. The summed E-state index contributed by atoms with van der Waals surface area (Å²) >= 11 is 1.42. The van der Waals surface area contributed by atoms with Crippen molar-refractivity contribution in [1.29, 1.82) is 0 Å². The summed E-state index contributed by atoms with van der Waals surface area (Å²) in [7, 11) is 0. The highest BCUT2D eigenvalue weighted by molar-refractivity contribution is 7.99. The van der Waals surface area contributed by atoms with E-state index in [1.165, 1.54) is 24.0 Å². The molecule has 2 aromatic rings. The van der Waals surface area contributed by atoms with Gasteiger partial charge in [0.15, 0.2) is 5.16 Å². The highest BCUT2D eigenvalue weighted by atomic mass is 32.2. The first-order valence-electron chi connectivity index (χ1n) is 5.77. The van der Waals surface area contributed by atoms with E-state index in [4.69, 9.17) is 5.73 Å². The van der Waals surface area contributed by atoms with E-state index in [-0.39, 0.29) is 11.6 Å². The minimum atomic E-state index is -0.142. The number of hydrogen-bond donors (Lipinski definition) is 2. The number of rotatable bonds is 4. The maximum atomic E-state index is 11.1. The van der Waals surface area contributed by atoms with Crippen LogP contribution >= 0.6 is 11.8 Å². The monoisotopic (exact) mass is 261 g/mol. The Bertz CT molecular complexity index is 565. The summed E-state index contributed by atoms with van der Waals surface area (Å²) < 4.78 is 0. The van der Waals surface area contributed by atoms with Crippen molar-refractivity contribution in [3.8, 4) is 0 Å². The van der Waals surface area contributed by atoms with Gasteiger partial charge >= 0.3 is 0 Å². The van der Waals surface area contributed by atoms with Gasteiger partial charge in [0.2, 0.25) is 0 Å². The minimum absolute atomic E-state index is 0.0821. The summed E-state index contributed by atoms with van der Waals surface area (Å²) in [5.41, 5.74) is 6.93. The summed E-state index contributed by atoms with van der Waals surface area (Å²) in [5.74, 6) is 0. The van der Waals surface area contributed by atoms with Crippen LogP contribution in [0, 0.1) is 0 Å². The molecule has 1 aromatic carbocycles. The summed E-state index contributed by atoms with van der Waals surface area (Å²) in [5, 5.41) is 0.593. The van der Waals surface area contributed by atoms with E-state index in [1.807, 2.05) is 24.3 Å². The standard InChI is InChI=1S/C13H15N3OS/c1-2-11(14)9-3-5-10(6-4-9)18-13-15-8-7-12(17)16-13/h3-8,11H,2,14H2,1H3,(H,15,16,17). The predicted molar refractivity (Wildman–Crippen MR) is 72.6 cm³/mol. The SMILES string of the molecule is CCC(N)c1ccc(Sc2nccc(=O)[nH]2)cc1. The number of nitrogens with zero attached hydrogens (tertiary/aromatic N) is 1. The number of nitrogens with two attached hydrogens (primary N) is 1. The van der Waals surface area contributed by atoms with E-state index in [0.717, 1.165) is 16.9 Å². The second-order valence-corrected chi connectivity index (χ2v) is 4.99. The lowest BCUT2D eigenvalue weighted by Crippen LogP contribution is -2.08. The fraction of sp³-hybridized carbons (Fsp3) is 0.231. The zero-order valence-electron chi connectivity index (χ0n) is 10.1. The van der Waals surface area contributed by atoms with Crippen molar-refractivity contribution in [3.05, 3.63) is 52.4 Å².